The number of amides is 3. The highest BCUT2D eigenvalue weighted by molar-refractivity contribution is 6.30. The summed E-state index contributed by atoms with van der Waals surface area (Å²) in [5, 5.41) is 6.32. The number of rotatable bonds is 5. The second kappa shape index (κ2) is 7.74. The highest BCUT2D eigenvalue weighted by Crippen LogP contribution is 2.27. The number of carbonyl (C=O) groups excluding carboxylic acids is 2. The molecule has 0 bridgehead atoms. The summed E-state index contributed by atoms with van der Waals surface area (Å²) in [6.45, 7) is -1.88. The number of alkyl halides is 3. The normalized spacial score (nSPS) is 10.8. The second-order valence-electron chi connectivity index (χ2n) is 4.04. The quantitative estimate of drug-likeness (QED) is 0.768. The van der Waals surface area contributed by atoms with Crippen LogP contribution in [0.4, 0.5) is 23.7 Å². The van der Waals surface area contributed by atoms with Gasteiger partial charge in [0.15, 0.2) is 0 Å². The molecule has 122 valence electrons. The largest absolute Gasteiger partial charge is 0.495 e. The van der Waals surface area contributed by atoms with Gasteiger partial charge in [-0.1, -0.05) is 11.6 Å². The maximum absolute atomic E-state index is 11.9. The van der Waals surface area contributed by atoms with Crippen molar-refractivity contribution in [2.45, 2.75) is 6.18 Å². The maximum Gasteiger partial charge on any atom is 0.405 e. The smallest absolute Gasteiger partial charge is 0.405 e. The SMILES string of the molecule is COc1ccc(Cl)cc1NCC(=O)NC(=O)NCC(F)(F)F. The van der Waals surface area contributed by atoms with Crippen LogP contribution in [-0.4, -0.2) is 38.3 Å². The summed E-state index contributed by atoms with van der Waals surface area (Å²) < 4.78 is 40.7. The molecule has 0 radical (unpaired) electrons. The van der Waals surface area contributed by atoms with Gasteiger partial charge in [-0.05, 0) is 18.2 Å². The van der Waals surface area contributed by atoms with Crippen molar-refractivity contribution >= 4 is 29.2 Å². The molecular weight excluding hydrogens is 327 g/mol. The maximum atomic E-state index is 11.9. The Labute approximate surface area is 129 Å². The fraction of sp³-hybridized carbons (Fsp3) is 0.333. The highest BCUT2D eigenvalue weighted by Gasteiger charge is 2.27. The lowest BCUT2D eigenvalue weighted by atomic mass is 10.3. The fourth-order valence-corrected chi connectivity index (χ4v) is 1.56. The molecule has 0 atom stereocenters. The molecule has 6 nitrogen and oxygen atoms in total. The number of methoxy groups -OCH3 is 1. The molecule has 0 heterocycles. The van der Waals surface area contributed by atoms with Gasteiger partial charge in [0.1, 0.15) is 12.3 Å². The van der Waals surface area contributed by atoms with E-state index < -0.39 is 24.7 Å². The predicted molar refractivity (Wildman–Crippen MR) is 74.1 cm³/mol. The van der Waals surface area contributed by atoms with Gasteiger partial charge in [-0.3, -0.25) is 10.1 Å². The predicted octanol–water partition coefficient (Wildman–Crippen LogP) is 2.15. The molecule has 0 saturated carbocycles. The number of nitrogens with one attached hydrogen (secondary N) is 3. The number of anilines is 1. The number of hydrogen-bond donors (Lipinski definition) is 3. The van der Waals surface area contributed by atoms with Gasteiger partial charge >= 0.3 is 12.2 Å². The Hall–Kier alpha value is -2.16. The van der Waals surface area contributed by atoms with Crippen LogP contribution in [0, 0.1) is 0 Å². The van der Waals surface area contributed by atoms with Crippen LogP contribution in [0.5, 0.6) is 5.75 Å². The number of benzene rings is 1. The van der Waals surface area contributed by atoms with Crippen LogP contribution in [0.25, 0.3) is 0 Å². The van der Waals surface area contributed by atoms with Gasteiger partial charge in [-0.25, -0.2) is 4.79 Å². The number of hydrogen-bond acceptors (Lipinski definition) is 4. The number of ether oxygens (including phenoxy) is 1. The summed E-state index contributed by atoms with van der Waals surface area (Å²) in [6, 6.07) is 3.41. The minimum Gasteiger partial charge on any atom is -0.495 e. The first-order valence-electron chi connectivity index (χ1n) is 5.93. The lowest BCUT2D eigenvalue weighted by Gasteiger charge is -2.12. The first-order valence-corrected chi connectivity index (χ1v) is 6.31. The zero-order chi connectivity index (χ0) is 16.8. The monoisotopic (exact) mass is 339 g/mol. The summed E-state index contributed by atoms with van der Waals surface area (Å²) in [4.78, 5) is 22.5. The zero-order valence-corrected chi connectivity index (χ0v) is 12.1. The van der Waals surface area contributed by atoms with Crippen molar-refractivity contribution in [3.63, 3.8) is 0 Å². The van der Waals surface area contributed by atoms with E-state index in [2.05, 4.69) is 5.32 Å². The van der Waals surface area contributed by atoms with E-state index in [0.717, 1.165) is 0 Å². The molecule has 0 saturated heterocycles. The van der Waals surface area contributed by atoms with Crippen molar-refractivity contribution in [3.05, 3.63) is 23.2 Å². The van der Waals surface area contributed by atoms with Gasteiger partial charge in [0.25, 0.3) is 0 Å². The van der Waals surface area contributed by atoms with Crippen molar-refractivity contribution in [1.82, 2.24) is 10.6 Å². The first-order chi connectivity index (χ1) is 10.2. The van der Waals surface area contributed by atoms with Gasteiger partial charge < -0.3 is 15.4 Å². The molecule has 0 unspecified atom stereocenters. The Morgan fingerprint density at radius 2 is 2.00 bits per heavy atom. The molecule has 0 aromatic heterocycles. The lowest BCUT2D eigenvalue weighted by Crippen LogP contribution is -2.45. The summed E-state index contributed by atoms with van der Waals surface area (Å²) in [6.07, 6.45) is -4.55. The van der Waals surface area contributed by atoms with Crippen LogP contribution in [0.3, 0.4) is 0 Å². The van der Waals surface area contributed by atoms with Crippen molar-refractivity contribution < 1.29 is 27.5 Å². The van der Waals surface area contributed by atoms with E-state index in [4.69, 9.17) is 16.3 Å². The molecule has 0 spiro atoms. The van der Waals surface area contributed by atoms with Gasteiger partial charge in [-0.15, -0.1) is 0 Å². The van der Waals surface area contributed by atoms with E-state index in [1.165, 1.54) is 18.5 Å². The number of imide groups is 1. The van der Waals surface area contributed by atoms with Gasteiger partial charge in [0, 0.05) is 5.02 Å². The van der Waals surface area contributed by atoms with Crippen molar-refractivity contribution in [2.24, 2.45) is 0 Å². The Morgan fingerprint density at radius 1 is 1.32 bits per heavy atom. The van der Waals surface area contributed by atoms with Crippen molar-refractivity contribution in [1.29, 1.82) is 0 Å². The molecule has 3 N–H and O–H groups in total. The van der Waals surface area contributed by atoms with E-state index in [9.17, 15) is 22.8 Å². The van der Waals surface area contributed by atoms with Crippen LogP contribution in [0.2, 0.25) is 5.02 Å². The molecule has 0 aliphatic heterocycles. The van der Waals surface area contributed by atoms with Gasteiger partial charge in [0.2, 0.25) is 5.91 Å². The van der Waals surface area contributed by atoms with Gasteiger partial charge in [0.05, 0.1) is 19.3 Å². The summed E-state index contributed by atoms with van der Waals surface area (Å²) in [5.74, 6) is -0.402. The Bertz CT molecular complexity index is 552. The summed E-state index contributed by atoms with van der Waals surface area (Å²) >= 11 is 5.79. The molecule has 0 aliphatic rings. The average Bonchev–Trinajstić information content (AvgIpc) is 2.42. The number of carbonyl (C=O) groups is 2. The third-order valence-corrected chi connectivity index (χ3v) is 2.54. The van der Waals surface area contributed by atoms with Crippen LogP contribution < -0.4 is 20.7 Å². The zero-order valence-electron chi connectivity index (χ0n) is 11.4. The van der Waals surface area contributed by atoms with Crippen LogP contribution in [-0.2, 0) is 4.79 Å². The van der Waals surface area contributed by atoms with Gasteiger partial charge in [-0.2, -0.15) is 13.2 Å². The second-order valence-corrected chi connectivity index (χ2v) is 4.48. The highest BCUT2D eigenvalue weighted by atomic mass is 35.5. The van der Waals surface area contributed by atoms with Crippen molar-refractivity contribution in [2.75, 3.05) is 25.5 Å². The molecular formula is C12H13ClF3N3O3. The van der Waals surface area contributed by atoms with E-state index in [0.29, 0.717) is 16.5 Å². The first kappa shape index (κ1) is 17.9. The van der Waals surface area contributed by atoms with Crippen LogP contribution in [0.1, 0.15) is 0 Å². The summed E-state index contributed by atoms with van der Waals surface area (Å²) in [5.41, 5.74) is 0.404. The third-order valence-electron chi connectivity index (χ3n) is 2.30. The van der Waals surface area contributed by atoms with E-state index in [1.54, 1.807) is 17.4 Å². The molecule has 22 heavy (non-hydrogen) atoms. The van der Waals surface area contributed by atoms with Crippen LogP contribution >= 0.6 is 11.6 Å². The average molecular weight is 340 g/mol. The Morgan fingerprint density at radius 3 is 2.59 bits per heavy atom. The molecule has 1 aromatic rings. The molecule has 1 aromatic carbocycles. The van der Waals surface area contributed by atoms with E-state index >= 15 is 0 Å². The van der Waals surface area contributed by atoms with E-state index in [1.807, 2.05) is 0 Å². The molecule has 3 amide bonds. The standard InChI is InChI=1S/C12H13ClF3N3O3/c1-22-9-3-2-7(13)4-8(9)17-5-10(20)19-11(21)18-6-12(14,15)16/h2-4,17H,5-6H2,1H3,(H2,18,19,20,21). The molecule has 0 fully saturated rings. The topological polar surface area (TPSA) is 79.5 Å². The third kappa shape index (κ3) is 6.53. The lowest BCUT2D eigenvalue weighted by molar-refractivity contribution is -0.124. The van der Waals surface area contributed by atoms with Crippen LogP contribution in [0.15, 0.2) is 18.2 Å². The van der Waals surface area contributed by atoms with Crippen molar-refractivity contribution in [3.8, 4) is 5.75 Å². The Balaban J connectivity index is 2.46. The molecule has 10 heteroatoms. The Kier molecular flexibility index (Phi) is 6.29. The number of halogens is 4. The number of urea groups is 1. The fourth-order valence-electron chi connectivity index (χ4n) is 1.39. The minimum atomic E-state index is -4.55. The summed E-state index contributed by atoms with van der Waals surface area (Å²) in [7, 11) is 1.42. The minimum absolute atomic E-state index is 0.351. The van der Waals surface area contributed by atoms with E-state index in [-0.39, 0.29) is 6.54 Å². The molecule has 1 rings (SSSR count). The molecule has 0 aliphatic carbocycles.